The summed E-state index contributed by atoms with van der Waals surface area (Å²) in [7, 11) is 3.34. The van der Waals surface area contributed by atoms with Crippen molar-refractivity contribution in [2.24, 2.45) is 0 Å². The van der Waals surface area contributed by atoms with Crippen LogP contribution in [0.25, 0.3) is 0 Å². The lowest BCUT2D eigenvalue weighted by Gasteiger charge is -2.43. The highest BCUT2D eigenvalue weighted by molar-refractivity contribution is 6.32. The molecule has 21 heavy (non-hydrogen) atoms. The summed E-state index contributed by atoms with van der Waals surface area (Å²) in [6.45, 7) is 3.01. The summed E-state index contributed by atoms with van der Waals surface area (Å²) in [6.07, 6.45) is 5.16. The molecule has 2 fully saturated rings. The van der Waals surface area contributed by atoms with Gasteiger partial charge in [-0.2, -0.15) is 0 Å². The van der Waals surface area contributed by atoms with Crippen LogP contribution < -0.4 is 19.7 Å². The van der Waals surface area contributed by atoms with Crippen molar-refractivity contribution in [3.05, 3.63) is 17.2 Å². The zero-order valence-electron chi connectivity index (χ0n) is 12.7. The lowest BCUT2D eigenvalue weighted by molar-refractivity contribution is 0.301. The second-order valence-electron chi connectivity index (χ2n) is 5.99. The fourth-order valence-electron chi connectivity index (χ4n) is 3.64. The van der Waals surface area contributed by atoms with E-state index in [2.05, 4.69) is 10.2 Å². The van der Waals surface area contributed by atoms with Gasteiger partial charge in [0.2, 0.25) is 0 Å². The summed E-state index contributed by atoms with van der Waals surface area (Å²) >= 11 is 6.20. The molecule has 0 radical (unpaired) electrons. The smallest absolute Gasteiger partial charge is 0.143 e. The lowest BCUT2D eigenvalue weighted by atomic mass is 9.94. The van der Waals surface area contributed by atoms with Gasteiger partial charge in [-0.3, -0.25) is 0 Å². The molecule has 3 rings (SSSR count). The Bertz CT molecular complexity index is 515. The summed E-state index contributed by atoms with van der Waals surface area (Å²) in [5.41, 5.74) is 1.35. The van der Waals surface area contributed by atoms with Crippen LogP contribution in [0.15, 0.2) is 12.1 Å². The maximum absolute atomic E-state index is 6.20. The van der Waals surface area contributed by atoms with Crippen molar-refractivity contribution in [2.75, 3.05) is 38.8 Å². The van der Waals surface area contributed by atoms with Crippen LogP contribution in [0.4, 0.5) is 5.69 Å². The van der Waals surface area contributed by atoms with Crippen LogP contribution in [0.5, 0.6) is 11.5 Å². The van der Waals surface area contributed by atoms with Crippen molar-refractivity contribution in [2.45, 2.75) is 31.2 Å². The number of nitrogens with one attached hydrogen (secondary N) is 1. The molecule has 0 aromatic heterocycles. The number of rotatable bonds is 3. The van der Waals surface area contributed by atoms with Crippen LogP contribution in [0.3, 0.4) is 0 Å². The van der Waals surface area contributed by atoms with Crippen molar-refractivity contribution < 1.29 is 9.47 Å². The topological polar surface area (TPSA) is 33.7 Å². The van der Waals surface area contributed by atoms with Gasteiger partial charge in [0.25, 0.3) is 0 Å². The molecule has 0 amide bonds. The molecule has 0 atom stereocenters. The zero-order chi connectivity index (χ0) is 14.9. The van der Waals surface area contributed by atoms with E-state index in [0.29, 0.717) is 10.8 Å². The molecule has 1 aromatic rings. The average molecular weight is 311 g/mol. The fourth-order valence-corrected chi connectivity index (χ4v) is 3.87. The SMILES string of the molecule is COc1cc(N2CCNC3(CCCC3)C2)c(OC)cc1Cl. The highest BCUT2D eigenvalue weighted by Crippen LogP contribution is 2.40. The molecule has 1 aromatic carbocycles. The number of nitrogens with zero attached hydrogens (tertiary/aromatic N) is 1. The minimum absolute atomic E-state index is 0.274. The molecule has 5 heteroatoms. The first-order valence-electron chi connectivity index (χ1n) is 7.59. The Morgan fingerprint density at radius 3 is 2.52 bits per heavy atom. The fraction of sp³-hybridized carbons (Fsp3) is 0.625. The Kier molecular flexibility index (Phi) is 4.18. The van der Waals surface area contributed by atoms with Gasteiger partial charge in [0.15, 0.2) is 0 Å². The summed E-state index contributed by atoms with van der Waals surface area (Å²) < 4.78 is 10.9. The van der Waals surface area contributed by atoms with Gasteiger partial charge >= 0.3 is 0 Å². The monoisotopic (exact) mass is 310 g/mol. The minimum Gasteiger partial charge on any atom is -0.495 e. The van der Waals surface area contributed by atoms with Crippen LogP contribution in [0.1, 0.15) is 25.7 Å². The number of anilines is 1. The predicted molar refractivity (Wildman–Crippen MR) is 86.0 cm³/mol. The van der Waals surface area contributed by atoms with E-state index in [-0.39, 0.29) is 5.54 Å². The number of hydrogen-bond acceptors (Lipinski definition) is 4. The molecule has 1 aliphatic heterocycles. The highest BCUT2D eigenvalue weighted by atomic mass is 35.5. The molecule has 0 bridgehead atoms. The van der Waals surface area contributed by atoms with Gasteiger partial charge in [-0.1, -0.05) is 24.4 Å². The van der Waals surface area contributed by atoms with E-state index in [1.165, 1.54) is 25.7 Å². The number of halogens is 1. The Balaban J connectivity index is 1.91. The van der Waals surface area contributed by atoms with Crippen molar-refractivity contribution in [1.29, 1.82) is 0 Å². The third-order valence-electron chi connectivity index (χ3n) is 4.73. The molecule has 116 valence electrons. The first kappa shape index (κ1) is 14.8. The van der Waals surface area contributed by atoms with Crippen LogP contribution >= 0.6 is 11.6 Å². The number of ether oxygens (including phenoxy) is 2. The lowest BCUT2D eigenvalue weighted by Crippen LogP contribution is -2.59. The first-order chi connectivity index (χ1) is 10.2. The maximum atomic E-state index is 6.20. The van der Waals surface area contributed by atoms with E-state index < -0.39 is 0 Å². The van der Waals surface area contributed by atoms with Gasteiger partial charge in [0.1, 0.15) is 11.5 Å². The van der Waals surface area contributed by atoms with Gasteiger partial charge in [-0.25, -0.2) is 0 Å². The van der Waals surface area contributed by atoms with E-state index in [4.69, 9.17) is 21.1 Å². The van der Waals surface area contributed by atoms with Gasteiger partial charge in [-0.05, 0) is 12.8 Å². The standard InChI is InChI=1S/C16H23ClN2O2/c1-20-14-10-13(15(21-2)9-12(14)17)19-8-7-18-16(11-19)5-3-4-6-16/h9-10,18H,3-8,11H2,1-2H3. The second-order valence-corrected chi connectivity index (χ2v) is 6.40. The molecule has 4 nitrogen and oxygen atoms in total. The summed E-state index contributed by atoms with van der Waals surface area (Å²) in [5.74, 6) is 1.52. The quantitative estimate of drug-likeness (QED) is 0.930. The summed E-state index contributed by atoms with van der Waals surface area (Å²) in [4.78, 5) is 2.40. The molecule has 1 spiro atoms. The number of methoxy groups -OCH3 is 2. The van der Waals surface area contributed by atoms with Crippen LogP contribution in [0, 0.1) is 0 Å². The Morgan fingerprint density at radius 2 is 1.86 bits per heavy atom. The zero-order valence-corrected chi connectivity index (χ0v) is 13.5. The molecular weight excluding hydrogens is 288 g/mol. The highest BCUT2D eigenvalue weighted by Gasteiger charge is 2.38. The first-order valence-corrected chi connectivity index (χ1v) is 7.97. The Labute approximate surface area is 131 Å². The minimum atomic E-state index is 0.274. The van der Waals surface area contributed by atoms with E-state index in [9.17, 15) is 0 Å². The molecule has 1 N–H and O–H groups in total. The van der Waals surface area contributed by atoms with Crippen molar-refractivity contribution >= 4 is 17.3 Å². The number of benzene rings is 1. The molecule has 1 heterocycles. The van der Waals surface area contributed by atoms with Gasteiger partial charge in [-0.15, -0.1) is 0 Å². The summed E-state index contributed by atoms with van der Waals surface area (Å²) in [5, 5.41) is 4.32. The van der Waals surface area contributed by atoms with Crippen LogP contribution in [-0.4, -0.2) is 39.4 Å². The maximum Gasteiger partial charge on any atom is 0.143 e. The predicted octanol–water partition coefficient (Wildman–Crippen LogP) is 3.08. The molecule has 2 aliphatic rings. The third-order valence-corrected chi connectivity index (χ3v) is 5.03. The van der Waals surface area contributed by atoms with Gasteiger partial charge in [0.05, 0.1) is 24.9 Å². The molecule has 1 saturated heterocycles. The van der Waals surface area contributed by atoms with Crippen LogP contribution in [0.2, 0.25) is 5.02 Å². The average Bonchev–Trinajstić information content (AvgIpc) is 2.94. The number of piperazine rings is 1. The normalized spacial score (nSPS) is 20.8. The summed E-state index contributed by atoms with van der Waals surface area (Å²) in [6, 6.07) is 3.84. The van der Waals surface area contributed by atoms with E-state index in [1.807, 2.05) is 12.1 Å². The molecule has 0 unspecified atom stereocenters. The Hall–Kier alpha value is -1.13. The Morgan fingerprint density at radius 1 is 1.14 bits per heavy atom. The molecular formula is C16H23ClN2O2. The van der Waals surface area contributed by atoms with Crippen LogP contribution in [-0.2, 0) is 0 Å². The molecule has 1 saturated carbocycles. The van der Waals surface area contributed by atoms with E-state index in [0.717, 1.165) is 31.1 Å². The largest absolute Gasteiger partial charge is 0.495 e. The van der Waals surface area contributed by atoms with Crippen molar-refractivity contribution in [3.63, 3.8) is 0 Å². The van der Waals surface area contributed by atoms with Crippen molar-refractivity contribution in [1.82, 2.24) is 5.32 Å². The van der Waals surface area contributed by atoms with Gasteiger partial charge < -0.3 is 19.7 Å². The van der Waals surface area contributed by atoms with Gasteiger partial charge in [0, 0.05) is 37.3 Å². The number of hydrogen-bond donors (Lipinski definition) is 1. The third kappa shape index (κ3) is 2.79. The van der Waals surface area contributed by atoms with Crippen molar-refractivity contribution in [3.8, 4) is 11.5 Å². The molecule has 1 aliphatic carbocycles. The van der Waals surface area contributed by atoms with E-state index >= 15 is 0 Å². The van der Waals surface area contributed by atoms with E-state index in [1.54, 1.807) is 14.2 Å². The second kappa shape index (κ2) is 5.93.